The molecule has 102 valence electrons. The number of nitrogen functional groups attached to an aromatic ring is 1. The first kappa shape index (κ1) is 13.9. The maximum Gasteiger partial charge on any atom is 0.153 e. The Morgan fingerprint density at radius 1 is 1.20 bits per heavy atom. The first-order chi connectivity index (χ1) is 9.58. The molecule has 0 saturated heterocycles. The van der Waals surface area contributed by atoms with Crippen LogP contribution in [0.1, 0.15) is 0 Å². The number of halogens is 3. The standard InChI is InChI=1S/C13H8BrCl2N3S/c14-8-4-2-1-3-6(8)10-11(18-19-13(10)17)7-5-9(15)20-12(7)16/h1-5H,(H3,17,18,19). The zero-order valence-electron chi connectivity index (χ0n) is 9.95. The van der Waals surface area contributed by atoms with Crippen LogP contribution in [0.2, 0.25) is 8.67 Å². The van der Waals surface area contributed by atoms with Gasteiger partial charge in [0, 0.05) is 15.6 Å². The second kappa shape index (κ2) is 5.41. The minimum atomic E-state index is 0.422. The van der Waals surface area contributed by atoms with Gasteiger partial charge in [-0.15, -0.1) is 11.3 Å². The fraction of sp³-hybridized carbons (Fsp3) is 0. The molecular formula is C13H8BrCl2N3S. The van der Waals surface area contributed by atoms with Crippen molar-refractivity contribution < 1.29 is 0 Å². The summed E-state index contributed by atoms with van der Waals surface area (Å²) in [7, 11) is 0. The van der Waals surface area contributed by atoms with Crippen molar-refractivity contribution >= 4 is 56.3 Å². The molecule has 0 aliphatic carbocycles. The molecule has 0 aliphatic heterocycles. The maximum atomic E-state index is 6.22. The molecule has 3 N–H and O–H groups in total. The van der Waals surface area contributed by atoms with E-state index in [0.29, 0.717) is 14.5 Å². The summed E-state index contributed by atoms with van der Waals surface area (Å²) in [6.07, 6.45) is 0. The third kappa shape index (κ3) is 2.35. The van der Waals surface area contributed by atoms with Gasteiger partial charge in [-0.1, -0.05) is 57.3 Å². The number of hydrogen-bond acceptors (Lipinski definition) is 3. The number of thiophene rings is 1. The van der Waals surface area contributed by atoms with Gasteiger partial charge in [0.1, 0.15) is 4.34 Å². The number of benzene rings is 1. The van der Waals surface area contributed by atoms with Gasteiger partial charge in [-0.05, 0) is 12.1 Å². The van der Waals surface area contributed by atoms with Crippen LogP contribution in [-0.2, 0) is 0 Å². The summed E-state index contributed by atoms with van der Waals surface area (Å²) < 4.78 is 2.16. The van der Waals surface area contributed by atoms with Crippen molar-refractivity contribution in [3.8, 4) is 22.4 Å². The summed E-state index contributed by atoms with van der Waals surface area (Å²) in [5, 5.41) is 7.03. The molecule has 0 bridgehead atoms. The fourth-order valence-corrected chi connectivity index (χ4v) is 3.96. The third-order valence-electron chi connectivity index (χ3n) is 2.86. The normalized spacial score (nSPS) is 10.9. The Labute approximate surface area is 137 Å². The van der Waals surface area contributed by atoms with E-state index < -0.39 is 0 Å². The van der Waals surface area contributed by atoms with Crippen LogP contribution < -0.4 is 5.73 Å². The summed E-state index contributed by atoms with van der Waals surface area (Å²) in [5.74, 6) is 0.422. The van der Waals surface area contributed by atoms with E-state index in [2.05, 4.69) is 26.1 Å². The van der Waals surface area contributed by atoms with Crippen LogP contribution in [0.4, 0.5) is 5.82 Å². The topological polar surface area (TPSA) is 54.7 Å². The molecule has 0 amide bonds. The van der Waals surface area contributed by atoms with Gasteiger partial charge in [0.2, 0.25) is 0 Å². The highest BCUT2D eigenvalue weighted by Gasteiger charge is 2.20. The average molecular weight is 389 g/mol. The van der Waals surface area contributed by atoms with E-state index >= 15 is 0 Å². The number of nitrogens with one attached hydrogen (secondary N) is 1. The smallest absolute Gasteiger partial charge is 0.153 e. The molecule has 20 heavy (non-hydrogen) atoms. The first-order valence-corrected chi connectivity index (χ1v) is 7.98. The maximum absolute atomic E-state index is 6.22. The number of hydrogen-bond donors (Lipinski definition) is 2. The van der Waals surface area contributed by atoms with Crippen molar-refractivity contribution in [1.29, 1.82) is 0 Å². The van der Waals surface area contributed by atoms with E-state index in [9.17, 15) is 0 Å². The van der Waals surface area contributed by atoms with Crippen molar-refractivity contribution in [3.63, 3.8) is 0 Å². The van der Waals surface area contributed by atoms with Crippen molar-refractivity contribution in [1.82, 2.24) is 10.2 Å². The van der Waals surface area contributed by atoms with E-state index in [1.54, 1.807) is 0 Å². The van der Waals surface area contributed by atoms with Crippen LogP contribution in [0.3, 0.4) is 0 Å². The molecule has 0 saturated carbocycles. The summed E-state index contributed by atoms with van der Waals surface area (Å²) >= 11 is 17.1. The minimum Gasteiger partial charge on any atom is -0.382 e. The number of nitrogens with two attached hydrogens (primary N) is 1. The lowest BCUT2D eigenvalue weighted by Crippen LogP contribution is -1.89. The zero-order valence-corrected chi connectivity index (χ0v) is 13.9. The number of anilines is 1. The number of rotatable bonds is 2. The van der Waals surface area contributed by atoms with Gasteiger partial charge in [-0.25, -0.2) is 0 Å². The van der Waals surface area contributed by atoms with Crippen molar-refractivity contribution in [2.75, 3.05) is 5.73 Å². The molecular weight excluding hydrogens is 381 g/mol. The second-order valence-corrected chi connectivity index (χ2v) is 7.22. The quantitative estimate of drug-likeness (QED) is 0.612. The Morgan fingerprint density at radius 3 is 2.60 bits per heavy atom. The number of aromatic nitrogens is 2. The van der Waals surface area contributed by atoms with Crippen molar-refractivity contribution in [2.24, 2.45) is 0 Å². The average Bonchev–Trinajstić information content (AvgIpc) is 2.93. The summed E-state index contributed by atoms with van der Waals surface area (Å²) in [4.78, 5) is 0. The largest absolute Gasteiger partial charge is 0.382 e. The Bertz CT molecular complexity index is 782. The van der Waals surface area contributed by atoms with E-state index in [-0.39, 0.29) is 0 Å². The Balaban J connectivity index is 2.26. The molecule has 0 atom stereocenters. The lowest BCUT2D eigenvalue weighted by Gasteiger charge is -2.06. The van der Waals surface area contributed by atoms with Crippen molar-refractivity contribution in [2.45, 2.75) is 0 Å². The first-order valence-electron chi connectivity index (χ1n) is 5.62. The third-order valence-corrected chi connectivity index (χ3v) is 5.04. The number of nitrogens with zero attached hydrogens (tertiary/aromatic N) is 1. The highest BCUT2D eigenvalue weighted by Crippen LogP contribution is 2.44. The van der Waals surface area contributed by atoms with Gasteiger partial charge in [-0.2, -0.15) is 5.10 Å². The van der Waals surface area contributed by atoms with Crippen LogP contribution in [0.5, 0.6) is 0 Å². The Kier molecular flexibility index (Phi) is 3.77. The number of aromatic amines is 1. The fourth-order valence-electron chi connectivity index (χ4n) is 2.00. The molecule has 2 aromatic heterocycles. The van der Waals surface area contributed by atoms with Gasteiger partial charge in [-0.3, -0.25) is 5.10 Å². The van der Waals surface area contributed by atoms with Crippen LogP contribution in [-0.4, -0.2) is 10.2 Å². The van der Waals surface area contributed by atoms with Gasteiger partial charge >= 0.3 is 0 Å². The highest BCUT2D eigenvalue weighted by molar-refractivity contribution is 9.10. The lowest BCUT2D eigenvalue weighted by molar-refractivity contribution is 1.10. The molecule has 0 unspecified atom stereocenters. The molecule has 7 heteroatoms. The lowest BCUT2D eigenvalue weighted by atomic mass is 10.0. The molecule has 0 aliphatic rings. The molecule has 3 rings (SSSR count). The second-order valence-electron chi connectivity index (χ2n) is 4.08. The summed E-state index contributed by atoms with van der Waals surface area (Å²) in [5.41, 5.74) is 9.33. The van der Waals surface area contributed by atoms with E-state index in [1.165, 1.54) is 11.3 Å². The SMILES string of the molecule is Nc1n[nH]c(-c2cc(Cl)sc2Cl)c1-c1ccccc1Br. The predicted octanol–water partition coefficient (Wildman–Crippen LogP) is 5.46. The Hall–Kier alpha value is -1.01. The van der Waals surface area contributed by atoms with Gasteiger partial charge in [0.25, 0.3) is 0 Å². The van der Waals surface area contributed by atoms with Gasteiger partial charge in [0.15, 0.2) is 5.82 Å². The molecule has 0 fully saturated rings. The minimum absolute atomic E-state index is 0.422. The Morgan fingerprint density at radius 2 is 1.95 bits per heavy atom. The van der Waals surface area contributed by atoms with E-state index in [4.69, 9.17) is 28.9 Å². The molecule has 3 nitrogen and oxygen atoms in total. The van der Waals surface area contributed by atoms with Crippen LogP contribution in [0.15, 0.2) is 34.8 Å². The number of H-pyrrole nitrogens is 1. The zero-order chi connectivity index (χ0) is 14.3. The molecule has 2 heterocycles. The van der Waals surface area contributed by atoms with Crippen LogP contribution >= 0.6 is 50.5 Å². The molecule has 1 aromatic carbocycles. The summed E-state index contributed by atoms with van der Waals surface area (Å²) in [6.45, 7) is 0. The highest BCUT2D eigenvalue weighted by atomic mass is 79.9. The van der Waals surface area contributed by atoms with Crippen LogP contribution in [0.25, 0.3) is 22.4 Å². The summed E-state index contributed by atoms with van der Waals surface area (Å²) in [6, 6.07) is 9.61. The van der Waals surface area contributed by atoms with E-state index in [1.807, 2.05) is 30.3 Å². The predicted molar refractivity (Wildman–Crippen MR) is 89.5 cm³/mol. The molecule has 0 spiro atoms. The molecule has 3 aromatic rings. The van der Waals surface area contributed by atoms with E-state index in [0.717, 1.165) is 26.9 Å². The molecule has 0 radical (unpaired) electrons. The van der Waals surface area contributed by atoms with Gasteiger partial charge < -0.3 is 5.73 Å². The van der Waals surface area contributed by atoms with Crippen LogP contribution in [0, 0.1) is 0 Å². The van der Waals surface area contributed by atoms with Crippen molar-refractivity contribution in [3.05, 3.63) is 43.5 Å². The monoisotopic (exact) mass is 387 g/mol. The van der Waals surface area contributed by atoms with Gasteiger partial charge in [0.05, 0.1) is 15.6 Å².